The molecule has 1 aliphatic rings. The molecule has 0 spiro atoms. The molecule has 3 nitrogen and oxygen atoms in total. The molecule has 0 bridgehead atoms. The third-order valence-corrected chi connectivity index (χ3v) is 4.65. The molecule has 4 heteroatoms. The molecule has 0 amide bonds. The number of rotatable bonds is 5. The highest BCUT2D eigenvalue weighted by molar-refractivity contribution is 7.91. The van der Waals surface area contributed by atoms with Gasteiger partial charge < -0.3 is 5.32 Å². The van der Waals surface area contributed by atoms with Gasteiger partial charge in [0.05, 0.1) is 5.75 Å². The van der Waals surface area contributed by atoms with Crippen molar-refractivity contribution >= 4 is 9.84 Å². The molecule has 0 aromatic carbocycles. The highest BCUT2D eigenvalue weighted by atomic mass is 32.2. The van der Waals surface area contributed by atoms with Crippen molar-refractivity contribution in [3.63, 3.8) is 0 Å². The first-order valence-corrected chi connectivity index (χ1v) is 7.40. The van der Waals surface area contributed by atoms with Gasteiger partial charge in [0.25, 0.3) is 0 Å². The maximum atomic E-state index is 11.2. The summed E-state index contributed by atoms with van der Waals surface area (Å²) in [5.74, 6) is 0.646. The molecule has 0 saturated carbocycles. The maximum absolute atomic E-state index is 11.2. The van der Waals surface area contributed by atoms with Gasteiger partial charge in [0.15, 0.2) is 0 Å². The summed E-state index contributed by atoms with van der Waals surface area (Å²) in [6, 6.07) is 0.566. The second-order valence-electron chi connectivity index (χ2n) is 4.03. The van der Waals surface area contributed by atoms with E-state index < -0.39 is 9.84 Å². The van der Waals surface area contributed by atoms with Crippen LogP contribution in [-0.2, 0) is 9.84 Å². The van der Waals surface area contributed by atoms with Crippen LogP contribution >= 0.6 is 0 Å². The number of piperidine rings is 1. The Morgan fingerprint density at radius 2 is 2.14 bits per heavy atom. The Hall–Kier alpha value is -0.0900. The van der Waals surface area contributed by atoms with E-state index in [0.717, 1.165) is 19.4 Å². The van der Waals surface area contributed by atoms with Gasteiger partial charge in [-0.25, -0.2) is 8.42 Å². The third-order valence-electron chi connectivity index (χ3n) is 2.86. The molecule has 1 rings (SSSR count). The van der Waals surface area contributed by atoms with Crippen LogP contribution in [0.15, 0.2) is 0 Å². The predicted molar refractivity (Wildman–Crippen MR) is 59.2 cm³/mol. The monoisotopic (exact) mass is 219 g/mol. The molecule has 84 valence electrons. The van der Waals surface area contributed by atoms with Crippen LogP contribution in [0.4, 0.5) is 0 Å². The molecular formula is C10H21NO2S. The second kappa shape index (κ2) is 5.71. The minimum atomic E-state index is -2.75. The standard InChI is InChI=1S/C10H21NO2S/c1-2-14(12,13)9-5-7-10-6-3-4-8-11-10/h10-11H,2-9H2,1H3. The van der Waals surface area contributed by atoms with E-state index >= 15 is 0 Å². The molecule has 14 heavy (non-hydrogen) atoms. The van der Waals surface area contributed by atoms with E-state index in [9.17, 15) is 8.42 Å². The van der Waals surface area contributed by atoms with Crippen molar-refractivity contribution in [2.75, 3.05) is 18.1 Å². The fourth-order valence-corrected chi connectivity index (χ4v) is 2.76. The Bertz CT molecular complexity index is 243. The first-order chi connectivity index (χ1) is 6.64. The molecule has 1 N–H and O–H groups in total. The predicted octanol–water partition coefficient (Wildman–Crippen LogP) is 1.34. The smallest absolute Gasteiger partial charge is 0.150 e. The van der Waals surface area contributed by atoms with Crippen LogP contribution in [0, 0.1) is 0 Å². The van der Waals surface area contributed by atoms with Crippen molar-refractivity contribution < 1.29 is 8.42 Å². The van der Waals surface area contributed by atoms with Gasteiger partial charge in [0.2, 0.25) is 0 Å². The molecule has 0 aliphatic carbocycles. The fourth-order valence-electron chi connectivity index (χ4n) is 1.86. The first kappa shape index (κ1) is 12.0. The van der Waals surface area contributed by atoms with Gasteiger partial charge >= 0.3 is 0 Å². The summed E-state index contributed by atoms with van der Waals surface area (Å²) in [6.07, 6.45) is 5.60. The van der Waals surface area contributed by atoms with Gasteiger partial charge in [-0.15, -0.1) is 0 Å². The quantitative estimate of drug-likeness (QED) is 0.759. The average molecular weight is 219 g/mol. The lowest BCUT2D eigenvalue weighted by molar-refractivity contribution is 0.380. The van der Waals surface area contributed by atoms with Gasteiger partial charge in [-0.3, -0.25) is 0 Å². The van der Waals surface area contributed by atoms with Crippen LogP contribution in [-0.4, -0.2) is 32.5 Å². The highest BCUT2D eigenvalue weighted by Crippen LogP contribution is 2.12. The summed E-state index contributed by atoms with van der Waals surface area (Å²) in [5.41, 5.74) is 0. The van der Waals surface area contributed by atoms with Crippen LogP contribution in [0.5, 0.6) is 0 Å². The lowest BCUT2D eigenvalue weighted by atomic mass is 10.0. The SMILES string of the molecule is CCS(=O)(=O)CCCC1CCCCN1. The van der Waals surface area contributed by atoms with Crippen molar-refractivity contribution in [1.29, 1.82) is 0 Å². The number of hydrogen-bond acceptors (Lipinski definition) is 3. The molecule has 0 aromatic rings. The topological polar surface area (TPSA) is 46.2 Å². The van der Waals surface area contributed by atoms with E-state index in [2.05, 4.69) is 5.32 Å². The zero-order valence-corrected chi connectivity index (χ0v) is 9.78. The minimum absolute atomic E-state index is 0.283. The Balaban J connectivity index is 2.14. The van der Waals surface area contributed by atoms with E-state index in [4.69, 9.17) is 0 Å². The highest BCUT2D eigenvalue weighted by Gasteiger charge is 2.13. The Kier molecular flexibility index (Phi) is 4.89. The molecule has 1 unspecified atom stereocenters. The minimum Gasteiger partial charge on any atom is -0.314 e. The van der Waals surface area contributed by atoms with Gasteiger partial charge in [0.1, 0.15) is 9.84 Å². The van der Waals surface area contributed by atoms with Crippen LogP contribution < -0.4 is 5.32 Å². The van der Waals surface area contributed by atoms with Gasteiger partial charge in [-0.1, -0.05) is 13.3 Å². The molecule has 1 fully saturated rings. The molecule has 1 aliphatic heterocycles. The zero-order valence-electron chi connectivity index (χ0n) is 8.96. The number of hydrogen-bond donors (Lipinski definition) is 1. The summed E-state index contributed by atoms with van der Waals surface area (Å²) in [7, 11) is -2.75. The number of sulfone groups is 1. The fraction of sp³-hybridized carbons (Fsp3) is 1.00. The van der Waals surface area contributed by atoms with Crippen molar-refractivity contribution in [2.24, 2.45) is 0 Å². The van der Waals surface area contributed by atoms with E-state index in [1.54, 1.807) is 6.92 Å². The lowest BCUT2D eigenvalue weighted by Crippen LogP contribution is -2.34. The number of nitrogens with one attached hydrogen (secondary N) is 1. The van der Waals surface area contributed by atoms with Gasteiger partial charge in [-0.05, 0) is 32.2 Å². The van der Waals surface area contributed by atoms with Crippen LogP contribution in [0.25, 0.3) is 0 Å². The normalized spacial score (nSPS) is 23.6. The van der Waals surface area contributed by atoms with E-state index in [0.29, 0.717) is 11.8 Å². The van der Waals surface area contributed by atoms with Crippen molar-refractivity contribution in [3.05, 3.63) is 0 Å². The Morgan fingerprint density at radius 1 is 1.36 bits per heavy atom. The van der Waals surface area contributed by atoms with E-state index in [1.807, 2.05) is 0 Å². The van der Waals surface area contributed by atoms with Crippen LogP contribution in [0.2, 0.25) is 0 Å². The second-order valence-corrected chi connectivity index (χ2v) is 6.50. The summed E-state index contributed by atoms with van der Waals surface area (Å²) >= 11 is 0. The van der Waals surface area contributed by atoms with Gasteiger partial charge in [-0.2, -0.15) is 0 Å². The Morgan fingerprint density at radius 3 is 2.71 bits per heavy atom. The first-order valence-electron chi connectivity index (χ1n) is 5.58. The maximum Gasteiger partial charge on any atom is 0.150 e. The van der Waals surface area contributed by atoms with Crippen molar-refractivity contribution in [3.8, 4) is 0 Å². The average Bonchev–Trinajstić information content (AvgIpc) is 2.19. The zero-order chi connectivity index (χ0) is 10.4. The summed E-state index contributed by atoms with van der Waals surface area (Å²) in [4.78, 5) is 0. The summed E-state index contributed by atoms with van der Waals surface area (Å²) in [6.45, 7) is 2.82. The molecule has 1 saturated heterocycles. The molecule has 0 aromatic heterocycles. The lowest BCUT2D eigenvalue weighted by Gasteiger charge is -2.23. The largest absolute Gasteiger partial charge is 0.314 e. The third kappa shape index (κ3) is 4.42. The molecule has 1 atom stereocenters. The van der Waals surface area contributed by atoms with E-state index in [-0.39, 0.29) is 5.75 Å². The summed E-state index contributed by atoms with van der Waals surface area (Å²) in [5, 5.41) is 3.43. The van der Waals surface area contributed by atoms with Gasteiger partial charge in [0, 0.05) is 11.8 Å². The molecule has 1 heterocycles. The van der Waals surface area contributed by atoms with E-state index in [1.165, 1.54) is 19.3 Å². The van der Waals surface area contributed by atoms with Crippen LogP contribution in [0.1, 0.15) is 39.0 Å². The molecule has 0 radical (unpaired) electrons. The Labute approximate surface area is 87.2 Å². The van der Waals surface area contributed by atoms with Crippen LogP contribution in [0.3, 0.4) is 0 Å². The summed E-state index contributed by atoms with van der Waals surface area (Å²) < 4.78 is 22.4. The van der Waals surface area contributed by atoms with Crippen molar-refractivity contribution in [2.45, 2.75) is 45.1 Å². The van der Waals surface area contributed by atoms with Crippen molar-refractivity contribution in [1.82, 2.24) is 5.32 Å². The molecular weight excluding hydrogens is 198 g/mol.